The van der Waals surface area contributed by atoms with E-state index in [9.17, 15) is 5.11 Å². The molecule has 2 aliphatic rings. The largest absolute Gasteiger partial charge is 0.426 e. The first kappa shape index (κ1) is 19.3. The zero-order chi connectivity index (χ0) is 21.4. The number of fused-ring (bicyclic) bond motifs is 1. The first-order chi connectivity index (χ1) is 15.1. The molecule has 0 amide bonds. The molecule has 9 heteroatoms. The van der Waals surface area contributed by atoms with E-state index in [1.54, 1.807) is 17.3 Å². The molecule has 1 aliphatic heterocycles. The molecule has 2 aromatic heterocycles. The summed E-state index contributed by atoms with van der Waals surface area (Å²) in [6.07, 6.45) is 6.69. The number of imidazole rings is 1. The lowest BCUT2D eigenvalue weighted by atomic mass is 10.0. The van der Waals surface area contributed by atoms with Gasteiger partial charge in [0.2, 0.25) is 0 Å². The minimum absolute atomic E-state index is 0.0115. The number of aliphatic hydroxyl groups is 1. The van der Waals surface area contributed by atoms with Crippen LogP contribution in [0.5, 0.6) is 11.8 Å². The average molecular weight is 433 g/mol. The summed E-state index contributed by atoms with van der Waals surface area (Å²) in [5.74, 6) is 5.74. The fourth-order valence-electron chi connectivity index (χ4n) is 3.41. The Morgan fingerprint density at radius 1 is 1.26 bits per heavy atom. The number of allylic oxidation sites excluding steroid dienone is 2. The van der Waals surface area contributed by atoms with Crippen LogP contribution in [-0.4, -0.2) is 43.0 Å². The van der Waals surface area contributed by atoms with Gasteiger partial charge in [0.05, 0.1) is 40.6 Å². The van der Waals surface area contributed by atoms with Gasteiger partial charge in [-0.25, -0.2) is 4.98 Å². The highest BCUT2D eigenvalue weighted by atomic mass is 35.5. The second-order valence-electron chi connectivity index (χ2n) is 7.15. The van der Waals surface area contributed by atoms with Crippen molar-refractivity contribution in [3.63, 3.8) is 0 Å². The van der Waals surface area contributed by atoms with E-state index >= 15 is 0 Å². The SMILES string of the molecule is Cc1ccc(Oc2nc3nc(C4=CCC(N5N=C=C=N5)C=C4)c(Cl)cc3[nH]2)cc1CO. The van der Waals surface area contributed by atoms with Crippen LogP contribution in [-0.2, 0) is 6.61 Å². The van der Waals surface area contributed by atoms with Gasteiger partial charge in [-0.3, -0.25) is 0 Å². The van der Waals surface area contributed by atoms with Crippen molar-refractivity contribution in [2.24, 2.45) is 10.2 Å². The molecule has 1 aromatic carbocycles. The van der Waals surface area contributed by atoms with Crippen molar-refractivity contribution < 1.29 is 9.84 Å². The van der Waals surface area contributed by atoms with Crippen LogP contribution in [0.4, 0.5) is 0 Å². The van der Waals surface area contributed by atoms with Crippen molar-refractivity contribution >= 4 is 40.1 Å². The number of hydrazone groups is 2. The zero-order valence-corrected chi connectivity index (χ0v) is 17.3. The summed E-state index contributed by atoms with van der Waals surface area (Å²) in [6.45, 7) is 1.88. The summed E-state index contributed by atoms with van der Waals surface area (Å²) in [4.78, 5) is 12.2. The van der Waals surface area contributed by atoms with Crippen molar-refractivity contribution in [2.75, 3.05) is 0 Å². The molecular weight excluding hydrogens is 416 g/mol. The third kappa shape index (κ3) is 3.77. The summed E-state index contributed by atoms with van der Waals surface area (Å²) < 4.78 is 5.83. The highest BCUT2D eigenvalue weighted by Crippen LogP contribution is 2.31. The minimum atomic E-state index is -0.0554. The molecule has 1 unspecified atom stereocenters. The first-order valence-corrected chi connectivity index (χ1v) is 10.0. The standard InChI is InChI=1S/C22H17ClN6O2/c1-13-2-7-17(10-15(13)12-30)31-22-26-19-11-18(23)20(27-21(19)28-22)14-3-5-16(6-4-14)29-24-8-9-25-29/h2-5,7,10-11,16,30H,6,12H2,1H3,(H,26,27,28). The molecule has 154 valence electrons. The summed E-state index contributed by atoms with van der Waals surface area (Å²) in [5.41, 5.74) is 4.51. The third-order valence-corrected chi connectivity index (χ3v) is 5.40. The molecule has 0 radical (unpaired) electrons. The maximum absolute atomic E-state index is 9.45. The summed E-state index contributed by atoms with van der Waals surface area (Å²) >= 11 is 6.51. The fraction of sp³-hybridized carbons (Fsp3) is 0.182. The topological polar surface area (TPSA) is 99.0 Å². The molecule has 0 saturated heterocycles. The number of aromatic nitrogens is 3. The van der Waals surface area contributed by atoms with Gasteiger partial charge in [-0.05, 0) is 48.2 Å². The lowest BCUT2D eigenvalue weighted by molar-refractivity contribution is 0.260. The van der Waals surface area contributed by atoms with E-state index in [0.29, 0.717) is 40.1 Å². The highest BCUT2D eigenvalue weighted by Gasteiger charge is 2.20. The Morgan fingerprint density at radius 3 is 2.84 bits per heavy atom. The molecule has 1 aliphatic carbocycles. The van der Waals surface area contributed by atoms with Crippen molar-refractivity contribution in [3.8, 4) is 11.8 Å². The van der Waals surface area contributed by atoms with Crippen LogP contribution in [0.2, 0.25) is 5.02 Å². The number of benzene rings is 1. The fourth-order valence-corrected chi connectivity index (χ4v) is 3.67. The monoisotopic (exact) mass is 432 g/mol. The van der Waals surface area contributed by atoms with E-state index in [-0.39, 0.29) is 12.6 Å². The van der Waals surface area contributed by atoms with Gasteiger partial charge >= 0.3 is 6.01 Å². The van der Waals surface area contributed by atoms with Crippen molar-refractivity contribution in [1.29, 1.82) is 0 Å². The van der Waals surface area contributed by atoms with Gasteiger partial charge in [-0.2, -0.15) is 10.1 Å². The second kappa shape index (κ2) is 7.87. The number of aryl methyl sites for hydroxylation is 1. The van der Waals surface area contributed by atoms with Gasteiger partial charge in [-0.15, -0.1) is 0 Å². The first-order valence-electron chi connectivity index (χ1n) is 9.64. The molecule has 3 heterocycles. The van der Waals surface area contributed by atoms with Gasteiger partial charge in [0, 0.05) is 0 Å². The number of pyridine rings is 1. The van der Waals surface area contributed by atoms with Crippen LogP contribution < -0.4 is 4.74 Å². The van der Waals surface area contributed by atoms with E-state index in [0.717, 1.165) is 16.7 Å². The second-order valence-corrected chi connectivity index (χ2v) is 7.55. The number of rotatable bonds is 5. The molecular formula is C22H17ClN6O2. The summed E-state index contributed by atoms with van der Waals surface area (Å²) in [6, 6.07) is 7.60. The molecule has 0 bridgehead atoms. The molecule has 0 fully saturated rings. The van der Waals surface area contributed by atoms with Gasteiger partial charge in [0.15, 0.2) is 5.65 Å². The van der Waals surface area contributed by atoms with Crippen LogP contribution in [0, 0.1) is 6.92 Å². The lowest BCUT2D eigenvalue weighted by Gasteiger charge is -2.20. The Labute approximate surface area is 182 Å². The number of ether oxygens (including phenoxy) is 1. The molecule has 8 nitrogen and oxygen atoms in total. The number of hydrogen-bond donors (Lipinski definition) is 2. The normalized spacial score (nSPS) is 17.1. The Bertz CT molecular complexity index is 1330. The molecule has 0 spiro atoms. The predicted molar refractivity (Wildman–Crippen MR) is 118 cm³/mol. The van der Waals surface area contributed by atoms with Crippen molar-refractivity contribution in [1.82, 2.24) is 20.1 Å². The van der Waals surface area contributed by atoms with E-state index in [4.69, 9.17) is 16.3 Å². The Kier molecular flexibility index (Phi) is 4.90. The van der Waals surface area contributed by atoms with Crippen LogP contribution in [0.3, 0.4) is 0 Å². The van der Waals surface area contributed by atoms with Crippen LogP contribution >= 0.6 is 11.6 Å². The minimum Gasteiger partial charge on any atom is -0.426 e. The van der Waals surface area contributed by atoms with Gasteiger partial charge in [0.1, 0.15) is 5.75 Å². The molecule has 2 N–H and O–H groups in total. The lowest BCUT2D eigenvalue weighted by Crippen LogP contribution is -2.23. The van der Waals surface area contributed by atoms with Crippen LogP contribution in [0.25, 0.3) is 16.7 Å². The average Bonchev–Trinajstić information content (AvgIpc) is 3.44. The number of hydrogen-bond acceptors (Lipinski definition) is 7. The number of aromatic amines is 1. The number of aliphatic hydroxyl groups excluding tert-OH is 1. The van der Waals surface area contributed by atoms with Crippen molar-refractivity contribution in [3.05, 3.63) is 64.3 Å². The Hall–Kier alpha value is -3.67. The predicted octanol–water partition coefficient (Wildman–Crippen LogP) is 3.96. The van der Waals surface area contributed by atoms with E-state index in [1.165, 1.54) is 0 Å². The Balaban J connectivity index is 1.39. The summed E-state index contributed by atoms with van der Waals surface area (Å²) in [5, 5.41) is 19.5. The Morgan fingerprint density at radius 2 is 2.10 bits per heavy atom. The number of nitrogens with zero attached hydrogens (tertiary/aromatic N) is 5. The van der Waals surface area contributed by atoms with Crippen LogP contribution in [0.1, 0.15) is 23.2 Å². The zero-order valence-electron chi connectivity index (χ0n) is 16.5. The molecule has 1 atom stereocenters. The van der Waals surface area contributed by atoms with Crippen molar-refractivity contribution in [2.45, 2.75) is 26.0 Å². The molecule has 0 saturated carbocycles. The third-order valence-electron chi connectivity index (χ3n) is 5.11. The quantitative estimate of drug-likeness (QED) is 0.635. The molecule has 3 aromatic rings. The van der Waals surface area contributed by atoms with E-state index < -0.39 is 0 Å². The summed E-state index contributed by atoms with van der Waals surface area (Å²) in [7, 11) is 0. The van der Waals surface area contributed by atoms with Gasteiger partial charge in [0.25, 0.3) is 0 Å². The molecule has 5 rings (SSSR count). The maximum atomic E-state index is 9.45. The number of halogens is 1. The molecule has 31 heavy (non-hydrogen) atoms. The maximum Gasteiger partial charge on any atom is 0.301 e. The van der Waals surface area contributed by atoms with E-state index in [1.807, 2.05) is 37.3 Å². The van der Waals surface area contributed by atoms with Gasteiger partial charge < -0.3 is 14.8 Å². The smallest absolute Gasteiger partial charge is 0.301 e. The number of H-pyrrole nitrogens is 1. The van der Waals surface area contributed by atoms with Crippen LogP contribution in [0.15, 0.2) is 52.7 Å². The van der Waals surface area contributed by atoms with Gasteiger partial charge in [-0.1, -0.05) is 46.1 Å². The highest BCUT2D eigenvalue weighted by molar-refractivity contribution is 6.32. The van der Waals surface area contributed by atoms with E-state index in [2.05, 4.69) is 36.9 Å². The number of nitrogens with one attached hydrogen (secondary N) is 1.